The van der Waals surface area contributed by atoms with E-state index in [1.807, 2.05) is 55.5 Å². The van der Waals surface area contributed by atoms with Crippen molar-refractivity contribution in [1.82, 2.24) is 30.2 Å². The highest BCUT2D eigenvalue weighted by Crippen LogP contribution is 2.38. The van der Waals surface area contributed by atoms with E-state index in [9.17, 15) is 14.7 Å². The number of tetrazole rings is 1. The van der Waals surface area contributed by atoms with E-state index >= 15 is 0 Å². The number of fused-ring (bicyclic) bond motifs is 1. The zero-order valence-corrected chi connectivity index (χ0v) is 25.8. The molecule has 0 spiro atoms. The summed E-state index contributed by atoms with van der Waals surface area (Å²) in [6.07, 6.45) is 2.87. The van der Waals surface area contributed by atoms with Crippen molar-refractivity contribution in [3.05, 3.63) is 115 Å². The van der Waals surface area contributed by atoms with E-state index in [-0.39, 0.29) is 11.1 Å². The fourth-order valence-electron chi connectivity index (χ4n) is 5.30. The molecule has 0 fully saturated rings. The minimum atomic E-state index is -1.00. The SMILES string of the molecule is CCCCc1nc(C)c(Cc2cccc(C(=O)O)c2)c(=O)n1Cc1ccc2oc(-c3ccc(-c4nn[nH]n4)cc3)c(Br)c2c1. The molecule has 0 bridgehead atoms. The lowest BCUT2D eigenvalue weighted by atomic mass is 10.0. The molecular weight excluding hydrogens is 624 g/mol. The summed E-state index contributed by atoms with van der Waals surface area (Å²) in [5, 5.41) is 24.4. The van der Waals surface area contributed by atoms with Gasteiger partial charge in [-0.2, -0.15) is 5.21 Å². The maximum Gasteiger partial charge on any atom is 0.335 e. The number of H-pyrrole nitrogens is 1. The number of aromatic carboxylic acids is 1. The number of halogens is 1. The molecule has 0 radical (unpaired) electrons. The smallest absolute Gasteiger partial charge is 0.335 e. The Balaban J connectivity index is 1.34. The van der Waals surface area contributed by atoms with Gasteiger partial charge in [0, 0.05) is 40.6 Å². The number of rotatable bonds is 10. The summed E-state index contributed by atoms with van der Waals surface area (Å²) < 4.78 is 8.81. The van der Waals surface area contributed by atoms with Crippen molar-refractivity contribution in [2.24, 2.45) is 0 Å². The normalized spacial score (nSPS) is 11.3. The highest BCUT2D eigenvalue weighted by molar-refractivity contribution is 9.10. The van der Waals surface area contributed by atoms with Gasteiger partial charge < -0.3 is 9.52 Å². The number of unbranched alkanes of at least 4 members (excludes halogenated alkanes) is 1. The molecular formula is C33H29BrN6O4. The van der Waals surface area contributed by atoms with Crippen molar-refractivity contribution >= 4 is 32.9 Å². The van der Waals surface area contributed by atoms with Crippen LogP contribution in [0.25, 0.3) is 33.7 Å². The first kappa shape index (κ1) is 29.2. The van der Waals surface area contributed by atoms with Gasteiger partial charge in [0.15, 0.2) is 0 Å². The van der Waals surface area contributed by atoms with Gasteiger partial charge in [-0.05, 0) is 69.9 Å². The number of nitrogens with zero attached hydrogens (tertiary/aromatic N) is 5. The molecule has 222 valence electrons. The molecule has 0 aliphatic heterocycles. The predicted molar refractivity (Wildman–Crippen MR) is 170 cm³/mol. The number of nitrogens with one attached hydrogen (secondary N) is 1. The lowest BCUT2D eigenvalue weighted by Crippen LogP contribution is -2.30. The zero-order valence-electron chi connectivity index (χ0n) is 24.2. The first-order chi connectivity index (χ1) is 21.3. The van der Waals surface area contributed by atoms with Gasteiger partial charge in [0.1, 0.15) is 17.2 Å². The zero-order chi connectivity index (χ0) is 30.8. The molecule has 2 N–H and O–H groups in total. The second-order valence-corrected chi connectivity index (χ2v) is 11.5. The summed E-state index contributed by atoms with van der Waals surface area (Å²) in [6, 6.07) is 20.3. The van der Waals surface area contributed by atoms with Crippen LogP contribution in [-0.4, -0.2) is 41.3 Å². The minimum absolute atomic E-state index is 0.113. The molecule has 6 aromatic rings. The van der Waals surface area contributed by atoms with E-state index in [4.69, 9.17) is 9.40 Å². The van der Waals surface area contributed by atoms with Crippen LogP contribution in [-0.2, 0) is 19.4 Å². The Morgan fingerprint density at radius 3 is 2.57 bits per heavy atom. The molecule has 3 heterocycles. The largest absolute Gasteiger partial charge is 0.478 e. The number of aromatic nitrogens is 6. The summed E-state index contributed by atoms with van der Waals surface area (Å²) in [7, 11) is 0. The van der Waals surface area contributed by atoms with E-state index in [1.54, 1.807) is 22.8 Å². The highest BCUT2D eigenvalue weighted by atomic mass is 79.9. The second kappa shape index (κ2) is 12.4. The lowest BCUT2D eigenvalue weighted by molar-refractivity contribution is 0.0696. The molecule has 3 aromatic heterocycles. The van der Waals surface area contributed by atoms with E-state index in [0.717, 1.165) is 56.4 Å². The molecule has 11 heteroatoms. The molecule has 44 heavy (non-hydrogen) atoms. The van der Waals surface area contributed by atoms with E-state index in [1.165, 1.54) is 0 Å². The van der Waals surface area contributed by atoms with Crippen LogP contribution in [0, 0.1) is 6.92 Å². The molecule has 0 aliphatic rings. The van der Waals surface area contributed by atoms with Crippen LogP contribution >= 0.6 is 15.9 Å². The topological polar surface area (TPSA) is 140 Å². The Kier molecular flexibility index (Phi) is 8.21. The van der Waals surface area contributed by atoms with Crippen LogP contribution in [0.5, 0.6) is 0 Å². The summed E-state index contributed by atoms with van der Waals surface area (Å²) in [5.41, 5.74) is 5.43. The van der Waals surface area contributed by atoms with Crippen LogP contribution in [0.1, 0.15) is 58.3 Å². The molecule has 3 aromatic carbocycles. The Morgan fingerprint density at radius 1 is 1.05 bits per heavy atom. The Labute approximate surface area is 260 Å². The number of benzene rings is 3. The second-order valence-electron chi connectivity index (χ2n) is 10.7. The molecule has 10 nitrogen and oxygen atoms in total. The number of hydrogen-bond acceptors (Lipinski definition) is 7. The fraction of sp³-hybridized carbons (Fsp3) is 0.212. The molecule has 0 unspecified atom stereocenters. The predicted octanol–water partition coefficient (Wildman–Crippen LogP) is 6.59. The molecule has 0 amide bonds. The summed E-state index contributed by atoms with van der Waals surface area (Å²) >= 11 is 3.75. The van der Waals surface area contributed by atoms with Gasteiger partial charge in [-0.1, -0.05) is 55.8 Å². The number of furan rings is 1. The monoisotopic (exact) mass is 652 g/mol. The van der Waals surface area contributed by atoms with E-state index < -0.39 is 5.97 Å². The standard InChI is InChI=1S/C33H29BrN6O4/c1-3-4-8-28-35-19(2)25(16-20-6-5-7-24(15-20)33(42)43)32(41)40(28)18-21-9-14-27-26(17-21)29(34)30(44-27)22-10-12-23(13-11-22)31-36-38-39-37-31/h5-7,9-15,17H,3-4,8,16,18H2,1-2H3,(H,42,43)(H,36,37,38,39). The number of carboxylic acid groups (broad SMARTS) is 1. The van der Waals surface area contributed by atoms with E-state index in [2.05, 4.69) is 43.5 Å². The number of aromatic amines is 1. The minimum Gasteiger partial charge on any atom is -0.478 e. The maximum atomic E-state index is 14.0. The Hall–Kier alpha value is -4.90. The summed E-state index contributed by atoms with van der Waals surface area (Å²) in [4.78, 5) is 30.4. The van der Waals surface area contributed by atoms with Crippen molar-refractivity contribution in [1.29, 1.82) is 0 Å². The van der Waals surface area contributed by atoms with Crippen LogP contribution in [0.4, 0.5) is 0 Å². The van der Waals surface area contributed by atoms with Gasteiger partial charge in [-0.3, -0.25) is 9.36 Å². The van der Waals surface area contributed by atoms with Gasteiger partial charge in [-0.25, -0.2) is 9.78 Å². The third kappa shape index (κ3) is 5.83. The van der Waals surface area contributed by atoms with Gasteiger partial charge in [0.25, 0.3) is 5.56 Å². The average Bonchev–Trinajstić information content (AvgIpc) is 3.69. The van der Waals surface area contributed by atoms with Crippen molar-refractivity contribution in [3.8, 4) is 22.7 Å². The third-order valence-corrected chi connectivity index (χ3v) is 8.43. The van der Waals surface area contributed by atoms with Crippen LogP contribution in [0.3, 0.4) is 0 Å². The fourth-order valence-corrected chi connectivity index (χ4v) is 5.92. The Morgan fingerprint density at radius 2 is 1.84 bits per heavy atom. The van der Waals surface area contributed by atoms with Crippen molar-refractivity contribution in [3.63, 3.8) is 0 Å². The first-order valence-electron chi connectivity index (χ1n) is 14.3. The van der Waals surface area contributed by atoms with Crippen LogP contribution < -0.4 is 5.56 Å². The van der Waals surface area contributed by atoms with Crippen molar-refractivity contribution < 1.29 is 14.3 Å². The number of aryl methyl sites for hydroxylation is 2. The lowest BCUT2D eigenvalue weighted by Gasteiger charge is -2.16. The van der Waals surface area contributed by atoms with Crippen molar-refractivity contribution in [2.45, 2.75) is 46.1 Å². The molecule has 0 saturated carbocycles. The van der Waals surface area contributed by atoms with Crippen LogP contribution in [0.2, 0.25) is 0 Å². The van der Waals surface area contributed by atoms with Gasteiger partial charge in [-0.15, -0.1) is 10.2 Å². The number of carboxylic acids is 1. The quantitative estimate of drug-likeness (QED) is 0.169. The summed E-state index contributed by atoms with van der Waals surface area (Å²) in [6.45, 7) is 4.30. The van der Waals surface area contributed by atoms with E-state index in [0.29, 0.717) is 42.2 Å². The average molecular weight is 654 g/mol. The third-order valence-electron chi connectivity index (χ3n) is 7.64. The van der Waals surface area contributed by atoms with Gasteiger partial charge >= 0.3 is 5.97 Å². The molecule has 0 atom stereocenters. The molecule has 6 rings (SSSR count). The van der Waals surface area contributed by atoms with Crippen molar-refractivity contribution in [2.75, 3.05) is 0 Å². The van der Waals surface area contributed by atoms with Crippen LogP contribution in [0.15, 0.2) is 80.4 Å². The number of carbonyl (C=O) groups is 1. The molecule has 0 aliphatic carbocycles. The highest BCUT2D eigenvalue weighted by Gasteiger charge is 2.18. The number of hydrogen-bond donors (Lipinski definition) is 2. The summed E-state index contributed by atoms with van der Waals surface area (Å²) in [5.74, 6) is 0.950. The molecule has 0 saturated heterocycles. The van der Waals surface area contributed by atoms with Gasteiger partial charge in [0.05, 0.1) is 16.6 Å². The maximum absolute atomic E-state index is 14.0. The Bertz CT molecular complexity index is 2030. The first-order valence-corrected chi connectivity index (χ1v) is 15.1. The van der Waals surface area contributed by atoms with Gasteiger partial charge in [0.2, 0.25) is 5.82 Å².